The standard InChI is InChI=1S/C31H56O3Si/c1-10-11-12-21(2)26-20-27(32)33-28-24-14-13-22-19-23(34-35(8,9)29(3,4)5)15-17-30(22,6)25(24)16-18-31(26,28)7/h21-26,28H,10-20H2,1-9H3/t21-,22+,23+,24-,25+,26-,28+,30+,31-/m1/s1. The second-order valence-corrected chi connectivity index (χ2v) is 20.0. The van der Waals surface area contributed by atoms with Crippen LogP contribution in [0.25, 0.3) is 0 Å². The van der Waals surface area contributed by atoms with Gasteiger partial charge in [-0.05, 0) is 98.1 Å². The molecule has 3 nitrogen and oxygen atoms in total. The van der Waals surface area contributed by atoms with E-state index in [0.717, 1.165) is 5.92 Å². The van der Waals surface area contributed by atoms with Crippen LogP contribution in [0.15, 0.2) is 0 Å². The predicted molar refractivity (Wildman–Crippen MR) is 148 cm³/mol. The van der Waals surface area contributed by atoms with Crippen molar-refractivity contribution in [2.45, 2.75) is 149 Å². The first-order valence-electron chi connectivity index (χ1n) is 15.1. The average Bonchev–Trinajstić information content (AvgIpc) is 2.76. The maximum atomic E-state index is 12.9. The Kier molecular flexibility index (Phi) is 7.71. The number of carbonyl (C=O) groups excluding carboxylic acids is 1. The van der Waals surface area contributed by atoms with E-state index >= 15 is 0 Å². The van der Waals surface area contributed by atoms with Crippen molar-refractivity contribution in [3.05, 3.63) is 0 Å². The zero-order chi connectivity index (χ0) is 25.8. The highest BCUT2D eigenvalue weighted by molar-refractivity contribution is 6.74. The fraction of sp³-hybridized carbons (Fsp3) is 0.968. The van der Waals surface area contributed by atoms with Crippen molar-refractivity contribution < 1.29 is 14.0 Å². The highest BCUT2D eigenvalue weighted by Crippen LogP contribution is 2.65. The molecule has 1 saturated heterocycles. The minimum absolute atomic E-state index is 0.0835. The van der Waals surface area contributed by atoms with Crippen molar-refractivity contribution in [1.29, 1.82) is 0 Å². The van der Waals surface area contributed by atoms with Gasteiger partial charge in [-0.2, -0.15) is 0 Å². The minimum Gasteiger partial charge on any atom is -0.461 e. The Hall–Kier alpha value is -0.353. The maximum absolute atomic E-state index is 12.9. The first kappa shape index (κ1) is 27.7. The van der Waals surface area contributed by atoms with Gasteiger partial charge in [0, 0.05) is 17.9 Å². The molecule has 4 rings (SSSR count). The second-order valence-electron chi connectivity index (χ2n) is 15.2. The Morgan fingerprint density at radius 1 is 1.09 bits per heavy atom. The van der Waals surface area contributed by atoms with Gasteiger partial charge in [-0.25, -0.2) is 0 Å². The van der Waals surface area contributed by atoms with E-state index in [2.05, 4.69) is 61.6 Å². The molecule has 0 aromatic heterocycles. The number of rotatable bonds is 6. The van der Waals surface area contributed by atoms with Crippen LogP contribution in [0.1, 0.15) is 119 Å². The number of hydrogen-bond donors (Lipinski definition) is 0. The molecule has 3 saturated carbocycles. The average molecular weight is 505 g/mol. The zero-order valence-corrected chi connectivity index (χ0v) is 25.5. The molecule has 4 fully saturated rings. The first-order valence-corrected chi connectivity index (χ1v) is 18.0. The number of ether oxygens (including phenoxy) is 1. The molecule has 0 spiro atoms. The Bertz CT molecular complexity index is 772. The van der Waals surface area contributed by atoms with Gasteiger partial charge in [-0.3, -0.25) is 4.79 Å². The van der Waals surface area contributed by atoms with E-state index in [4.69, 9.17) is 9.16 Å². The third-order valence-corrected chi connectivity index (χ3v) is 16.7. The van der Waals surface area contributed by atoms with Crippen molar-refractivity contribution in [3.63, 3.8) is 0 Å². The van der Waals surface area contributed by atoms with E-state index < -0.39 is 8.32 Å². The largest absolute Gasteiger partial charge is 0.461 e. The fourth-order valence-corrected chi connectivity index (χ4v) is 10.3. The normalized spacial score (nSPS) is 42.9. The van der Waals surface area contributed by atoms with Gasteiger partial charge in [-0.15, -0.1) is 0 Å². The molecule has 4 heteroatoms. The minimum atomic E-state index is -1.73. The Morgan fingerprint density at radius 2 is 1.77 bits per heavy atom. The molecule has 4 aliphatic rings. The molecule has 0 amide bonds. The van der Waals surface area contributed by atoms with Gasteiger partial charge in [-0.1, -0.05) is 67.7 Å². The van der Waals surface area contributed by atoms with Crippen molar-refractivity contribution in [2.75, 3.05) is 0 Å². The molecule has 0 N–H and O–H groups in total. The molecule has 1 aliphatic heterocycles. The molecule has 1 heterocycles. The van der Waals surface area contributed by atoms with E-state index in [9.17, 15) is 4.79 Å². The summed E-state index contributed by atoms with van der Waals surface area (Å²) in [5, 5.41) is 0.273. The number of hydrogen-bond acceptors (Lipinski definition) is 3. The summed E-state index contributed by atoms with van der Waals surface area (Å²) in [7, 11) is -1.73. The van der Waals surface area contributed by atoms with Gasteiger partial charge in [0.05, 0.1) is 0 Å². The van der Waals surface area contributed by atoms with E-state index in [-0.39, 0.29) is 22.5 Å². The molecule has 0 aromatic carbocycles. The highest BCUT2D eigenvalue weighted by atomic mass is 28.4. The topological polar surface area (TPSA) is 35.5 Å². The smallest absolute Gasteiger partial charge is 0.306 e. The van der Waals surface area contributed by atoms with Gasteiger partial charge >= 0.3 is 5.97 Å². The maximum Gasteiger partial charge on any atom is 0.306 e. The first-order chi connectivity index (χ1) is 16.2. The van der Waals surface area contributed by atoms with E-state index in [1.54, 1.807) is 0 Å². The summed E-state index contributed by atoms with van der Waals surface area (Å²) < 4.78 is 13.3. The molecule has 0 radical (unpaired) electrons. The molecule has 35 heavy (non-hydrogen) atoms. The van der Waals surface area contributed by atoms with Crippen LogP contribution in [0.2, 0.25) is 18.1 Å². The predicted octanol–water partition coefficient (Wildman–Crippen LogP) is 8.77. The van der Waals surface area contributed by atoms with Crippen molar-refractivity contribution in [3.8, 4) is 0 Å². The summed E-state index contributed by atoms with van der Waals surface area (Å²) in [6.07, 6.45) is 13.8. The van der Waals surface area contributed by atoms with E-state index in [1.807, 2.05) is 0 Å². The fourth-order valence-electron chi connectivity index (χ4n) is 8.90. The van der Waals surface area contributed by atoms with Gasteiger partial charge in [0.2, 0.25) is 0 Å². The van der Waals surface area contributed by atoms with E-state index in [0.29, 0.717) is 41.6 Å². The molecule has 0 unspecified atom stereocenters. The summed E-state index contributed by atoms with van der Waals surface area (Å²) in [5.41, 5.74) is 0.540. The van der Waals surface area contributed by atoms with Crippen LogP contribution in [-0.4, -0.2) is 26.5 Å². The lowest BCUT2D eigenvalue weighted by atomic mass is 9.44. The lowest BCUT2D eigenvalue weighted by Crippen LogP contribution is -2.61. The molecular weight excluding hydrogens is 448 g/mol. The molecule has 202 valence electrons. The summed E-state index contributed by atoms with van der Waals surface area (Å²) in [5.74, 6) is 3.20. The van der Waals surface area contributed by atoms with Crippen LogP contribution in [-0.2, 0) is 14.0 Å². The van der Waals surface area contributed by atoms with Crippen molar-refractivity contribution >= 4 is 14.3 Å². The summed E-state index contributed by atoms with van der Waals surface area (Å²) >= 11 is 0. The molecule has 9 atom stereocenters. The molecule has 3 aliphatic carbocycles. The monoisotopic (exact) mass is 504 g/mol. The van der Waals surface area contributed by atoms with Crippen LogP contribution < -0.4 is 0 Å². The quantitative estimate of drug-likeness (QED) is 0.268. The lowest BCUT2D eigenvalue weighted by molar-refractivity contribution is -0.219. The Balaban J connectivity index is 1.50. The highest BCUT2D eigenvalue weighted by Gasteiger charge is 2.62. The van der Waals surface area contributed by atoms with Crippen LogP contribution >= 0.6 is 0 Å². The third kappa shape index (κ3) is 4.93. The van der Waals surface area contributed by atoms with Crippen molar-refractivity contribution in [2.24, 2.45) is 40.4 Å². The lowest BCUT2D eigenvalue weighted by Gasteiger charge is -2.63. The Morgan fingerprint density at radius 3 is 2.43 bits per heavy atom. The summed E-state index contributed by atoms with van der Waals surface area (Å²) in [4.78, 5) is 12.9. The number of carbonyl (C=O) groups is 1. The number of unbranched alkanes of at least 4 members (excludes halogenated alkanes) is 1. The Labute approximate surface area is 218 Å². The zero-order valence-electron chi connectivity index (χ0n) is 24.5. The molecule has 0 aromatic rings. The van der Waals surface area contributed by atoms with Crippen molar-refractivity contribution in [1.82, 2.24) is 0 Å². The third-order valence-electron chi connectivity index (χ3n) is 12.2. The van der Waals surface area contributed by atoms with Crippen LogP contribution in [0.4, 0.5) is 0 Å². The van der Waals surface area contributed by atoms with Gasteiger partial charge in [0.1, 0.15) is 6.10 Å². The molecule has 0 bridgehead atoms. The number of esters is 1. The second kappa shape index (κ2) is 9.75. The SMILES string of the molecule is CCCC[C@@H](C)[C@H]1CC(=O)O[C@H]2[C@@H]3CC[C@H]4C[C@@H](O[Si](C)(C)C(C)(C)C)CC[C@]4(C)[C@H]3CC[C@]12C. The number of fused-ring (bicyclic) bond motifs is 5. The summed E-state index contributed by atoms with van der Waals surface area (Å²) in [6, 6.07) is 0. The van der Waals surface area contributed by atoms with Crippen LogP contribution in [0.3, 0.4) is 0 Å². The van der Waals surface area contributed by atoms with Crippen LogP contribution in [0, 0.1) is 40.4 Å². The van der Waals surface area contributed by atoms with Gasteiger partial charge in [0.25, 0.3) is 0 Å². The molecular formula is C31H56O3Si. The summed E-state index contributed by atoms with van der Waals surface area (Å²) in [6.45, 7) is 21.7. The van der Waals surface area contributed by atoms with E-state index in [1.165, 1.54) is 64.2 Å². The van der Waals surface area contributed by atoms with Gasteiger partial charge in [0.15, 0.2) is 8.32 Å². The van der Waals surface area contributed by atoms with Crippen LogP contribution in [0.5, 0.6) is 0 Å². The van der Waals surface area contributed by atoms with Gasteiger partial charge < -0.3 is 9.16 Å².